The molecule has 0 unspecified atom stereocenters. The van der Waals surface area contributed by atoms with Gasteiger partial charge >= 0.3 is 0 Å². The lowest BCUT2D eigenvalue weighted by atomic mass is 10.1. The van der Waals surface area contributed by atoms with Gasteiger partial charge in [-0.25, -0.2) is 0 Å². The summed E-state index contributed by atoms with van der Waals surface area (Å²) in [6, 6.07) is 5.73. The molecule has 0 spiro atoms. The van der Waals surface area contributed by atoms with Crippen molar-refractivity contribution >= 4 is 39.1 Å². The third-order valence-electron chi connectivity index (χ3n) is 1.84. The average Bonchev–Trinajstić information content (AvgIpc) is 2.18. The molecule has 1 N–H and O–H groups in total. The van der Waals surface area contributed by atoms with E-state index in [0.717, 1.165) is 16.6 Å². The number of hydrogen-bond acceptors (Lipinski definition) is 1. The highest BCUT2D eigenvalue weighted by Gasteiger charge is 2.02. The Morgan fingerprint density at radius 1 is 1.57 bits per heavy atom. The van der Waals surface area contributed by atoms with Gasteiger partial charge in [0.2, 0.25) is 5.91 Å². The van der Waals surface area contributed by atoms with E-state index in [2.05, 4.69) is 28.2 Å². The van der Waals surface area contributed by atoms with E-state index in [9.17, 15) is 4.79 Å². The zero-order chi connectivity index (χ0) is 10.6. The van der Waals surface area contributed by atoms with Crippen LogP contribution in [0, 0.1) is 0 Å². The van der Waals surface area contributed by atoms with E-state index in [4.69, 9.17) is 11.6 Å². The van der Waals surface area contributed by atoms with Gasteiger partial charge in [0, 0.05) is 10.2 Å². The molecular formula is C10H11BrClNO. The van der Waals surface area contributed by atoms with Crippen LogP contribution in [0.25, 0.3) is 0 Å². The maximum absolute atomic E-state index is 11.0. The van der Waals surface area contributed by atoms with E-state index in [0.29, 0.717) is 0 Å². The Morgan fingerprint density at radius 2 is 2.29 bits per heavy atom. The molecule has 1 rings (SSSR count). The number of anilines is 1. The topological polar surface area (TPSA) is 29.1 Å². The Hall–Kier alpha value is -0.540. The minimum Gasteiger partial charge on any atom is -0.325 e. The average molecular weight is 277 g/mol. The monoisotopic (exact) mass is 275 g/mol. The van der Waals surface area contributed by atoms with Crippen LogP contribution >= 0.6 is 27.5 Å². The first-order valence-electron chi connectivity index (χ1n) is 4.31. The quantitative estimate of drug-likeness (QED) is 0.844. The van der Waals surface area contributed by atoms with Crippen molar-refractivity contribution in [3.63, 3.8) is 0 Å². The van der Waals surface area contributed by atoms with Gasteiger partial charge in [-0.15, -0.1) is 11.6 Å². The molecule has 2 nitrogen and oxygen atoms in total. The van der Waals surface area contributed by atoms with E-state index < -0.39 is 0 Å². The number of alkyl halides is 1. The van der Waals surface area contributed by atoms with Gasteiger partial charge in [-0.2, -0.15) is 0 Å². The summed E-state index contributed by atoms with van der Waals surface area (Å²) in [5, 5.41) is 2.68. The first-order valence-corrected chi connectivity index (χ1v) is 5.64. The van der Waals surface area contributed by atoms with Crippen LogP contribution in [0.4, 0.5) is 5.69 Å². The minimum absolute atomic E-state index is 0.0207. The molecule has 14 heavy (non-hydrogen) atoms. The third-order valence-corrected chi connectivity index (χ3v) is 2.82. The summed E-state index contributed by atoms with van der Waals surface area (Å²) in [5.41, 5.74) is 1.98. The van der Waals surface area contributed by atoms with Gasteiger partial charge in [-0.3, -0.25) is 4.79 Å². The summed E-state index contributed by atoms with van der Waals surface area (Å²) in [6.07, 6.45) is 0.963. The third kappa shape index (κ3) is 3.00. The second kappa shape index (κ2) is 5.37. The maximum atomic E-state index is 11.0. The molecule has 0 bridgehead atoms. The first kappa shape index (κ1) is 11.5. The Labute approximate surface area is 96.8 Å². The number of hydrogen-bond donors (Lipinski definition) is 1. The van der Waals surface area contributed by atoms with Crippen LogP contribution in [0.2, 0.25) is 0 Å². The predicted octanol–water partition coefficient (Wildman–Crippen LogP) is 3.19. The minimum atomic E-state index is -0.192. The molecule has 0 atom stereocenters. The number of amides is 1. The van der Waals surface area contributed by atoms with Crippen molar-refractivity contribution in [2.45, 2.75) is 13.3 Å². The van der Waals surface area contributed by atoms with Gasteiger partial charge in [0.15, 0.2) is 0 Å². The number of halogens is 2. The smallest absolute Gasteiger partial charge is 0.239 e. The summed E-state index contributed by atoms with van der Waals surface area (Å²) >= 11 is 8.81. The van der Waals surface area contributed by atoms with Gasteiger partial charge < -0.3 is 5.32 Å². The van der Waals surface area contributed by atoms with Gasteiger partial charge in [0.1, 0.15) is 5.88 Å². The van der Waals surface area contributed by atoms with E-state index >= 15 is 0 Å². The molecule has 0 fully saturated rings. The summed E-state index contributed by atoms with van der Waals surface area (Å²) in [4.78, 5) is 11.0. The van der Waals surface area contributed by atoms with Gasteiger partial charge in [0.05, 0.1) is 0 Å². The first-order chi connectivity index (χ1) is 6.67. The largest absolute Gasteiger partial charge is 0.325 e. The van der Waals surface area contributed by atoms with E-state index in [1.165, 1.54) is 5.56 Å². The maximum Gasteiger partial charge on any atom is 0.239 e. The molecular weight excluding hydrogens is 265 g/mol. The standard InChI is InChI=1S/C10H11BrClNO/c1-2-7-3-4-8(5-9(7)11)13-10(14)6-12/h3-5H,2,6H2,1H3,(H,13,14). The zero-order valence-electron chi connectivity index (χ0n) is 7.81. The highest BCUT2D eigenvalue weighted by molar-refractivity contribution is 9.10. The fraction of sp³-hybridized carbons (Fsp3) is 0.300. The van der Waals surface area contributed by atoms with Crippen molar-refractivity contribution in [3.05, 3.63) is 28.2 Å². The Balaban J connectivity index is 2.81. The van der Waals surface area contributed by atoms with Crippen LogP contribution in [0.5, 0.6) is 0 Å². The van der Waals surface area contributed by atoms with Crippen molar-refractivity contribution in [2.75, 3.05) is 11.2 Å². The number of aryl methyl sites for hydroxylation is 1. The molecule has 76 valence electrons. The van der Waals surface area contributed by atoms with E-state index in [1.807, 2.05) is 18.2 Å². The van der Waals surface area contributed by atoms with Crippen LogP contribution in [0.3, 0.4) is 0 Å². The second-order valence-electron chi connectivity index (χ2n) is 2.84. The van der Waals surface area contributed by atoms with E-state index in [1.54, 1.807) is 0 Å². The fourth-order valence-electron chi connectivity index (χ4n) is 1.11. The lowest BCUT2D eigenvalue weighted by molar-refractivity contribution is -0.113. The van der Waals surface area contributed by atoms with E-state index in [-0.39, 0.29) is 11.8 Å². The van der Waals surface area contributed by atoms with Crippen molar-refractivity contribution in [1.82, 2.24) is 0 Å². The summed E-state index contributed by atoms with van der Waals surface area (Å²) in [6.45, 7) is 2.08. The molecule has 1 aromatic rings. The summed E-state index contributed by atoms with van der Waals surface area (Å²) in [7, 11) is 0. The Bertz CT molecular complexity index is 341. The molecule has 4 heteroatoms. The van der Waals surface area contributed by atoms with Crippen LogP contribution in [-0.4, -0.2) is 11.8 Å². The number of carbonyl (C=O) groups is 1. The molecule has 1 amide bonds. The Morgan fingerprint density at radius 3 is 2.79 bits per heavy atom. The van der Waals surface area contributed by atoms with Crippen LogP contribution < -0.4 is 5.32 Å². The van der Waals surface area contributed by atoms with Crippen molar-refractivity contribution in [3.8, 4) is 0 Å². The fourth-order valence-corrected chi connectivity index (χ4v) is 1.83. The van der Waals surface area contributed by atoms with Crippen LogP contribution in [-0.2, 0) is 11.2 Å². The normalized spacial score (nSPS) is 9.93. The molecule has 0 radical (unpaired) electrons. The summed E-state index contributed by atoms with van der Waals surface area (Å²) in [5.74, 6) is -0.213. The molecule has 0 aliphatic heterocycles. The second-order valence-corrected chi connectivity index (χ2v) is 3.96. The zero-order valence-corrected chi connectivity index (χ0v) is 10.2. The van der Waals surface area contributed by atoms with Crippen molar-refractivity contribution < 1.29 is 4.79 Å². The Kier molecular flexibility index (Phi) is 4.42. The molecule has 1 aromatic carbocycles. The highest BCUT2D eigenvalue weighted by atomic mass is 79.9. The predicted molar refractivity (Wildman–Crippen MR) is 62.9 cm³/mol. The highest BCUT2D eigenvalue weighted by Crippen LogP contribution is 2.21. The number of benzene rings is 1. The molecule has 0 saturated carbocycles. The number of rotatable bonds is 3. The SMILES string of the molecule is CCc1ccc(NC(=O)CCl)cc1Br. The van der Waals surface area contributed by atoms with Crippen LogP contribution in [0.1, 0.15) is 12.5 Å². The number of nitrogens with one attached hydrogen (secondary N) is 1. The lowest BCUT2D eigenvalue weighted by Gasteiger charge is -2.06. The lowest BCUT2D eigenvalue weighted by Crippen LogP contribution is -2.12. The molecule has 0 aliphatic carbocycles. The molecule has 0 heterocycles. The van der Waals surface area contributed by atoms with Gasteiger partial charge in [-0.05, 0) is 24.1 Å². The molecule has 0 aliphatic rings. The van der Waals surface area contributed by atoms with Gasteiger partial charge in [0.25, 0.3) is 0 Å². The van der Waals surface area contributed by atoms with Crippen molar-refractivity contribution in [2.24, 2.45) is 0 Å². The van der Waals surface area contributed by atoms with Crippen LogP contribution in [0.15, 0.2) is 22.7 Å². The summed E-state index contributed by atoms with van der Waals surface area (Å²) < 4.78 is 1.01. The van der Waals surface area contributed by atoms with Crippen molar-refractivity contribution in [1.29, 1.82) is 0 Å². The molecule has 0 saturated heterocycles. The van der Waals surface area contributed by atoms with Gasteiger partial charge in [-0.1, -0.05) is 28.9 Å². The molecule has 0 aromatic heterocycles. The number of carbonyl (C=O) groups excluding carboxylic acids is 1.